The first-order chi connectivity index (χ1) is 14.8. The normalized spacial score (nSPS) is 10.8. The number of methoxy groups -OCH3 is 1. The highest BCUT2D eigenvalue weighted by atomic mass is 16.5. The number of hydrogen-bond acceptors (Lipinski definition) is 4. The Labute approximate surface area is 179 Å². The fraction of sp³-hybridized carbons (Fsp3) is 0.385. The molecule has 1 aromatic heterocycles. The molecule has 3 aromatic rings. The quantitative estimate of drug-likeness (QED) is 0.256. The molecule has 0 amide bonds. The minimum Gasteiger partial charge on any atom is -0.497 e. The van der Waals surface area contributed by atoms with Crippen molar-refractivity contribution in [3.63, 3.8) is 0 Å². The molecule has 0 aliphatic carbocycles. The predicted octanol–water partition coefficient (Wildman–Crippen LogP) is 6.66. The summed E-state index contributed by atoms with van der Waals surface area (Å²) in [5, 5.41) is 4.73. The zero-order chi connectivity index (χ0) is 21.0. The summed E-state index contributed by atoms with van der Waals surface area (Å²) >= 11 is 0. The van der Waals surface area contributed by atoms with Crippen LogP contribution >= 0.6 is 0 Å². The SMILES string of the molecule is COc1ccc(C(=O)CCCCCCCCCNc2ccnc3ccccc23)cc1. The summed E-state index contributed by atoms with van der Waals surface area (Å²) in [7, 11) is 1.64. The van der Waals surface area contributed by atoms with E-state index in [0.29, 0.717) is 6.42 Å². The van der Waals surface area contributed by atoms with Crippen molar-refractivity contribution < 1.29 is 9.53 Å². The van der Waals surface area contributed by atoms with Crippen molar-refractivity contribution in [3.8, 4) is 5.75 Å². The van der Waals surface area contributed by atoms with E-state index in [1.807, 2.05) is 42.6 Å². The number of para-hydroxylation sites is 1. The fourth-order valence-corrected chi connectivity index (χ4v) is 3.69. The summed E-state index contributed by atoms with van der Waals surface area (Å²) < 4.78 is 5.13. The lowest BCUT2D eigenvalue weighted by Gasteiger charge is -2.09. The number of carbonyl (C=O) groups excluding carboxylic acids is 1. The minimum absolute atomic E-state index is 0.229. The number of rotatable bonds is 13. The second-order valence-corrected chi connectivity index (χ2v) is 7.68. The Hall–Kier alpha value is -2.88. The Morgan fingerprint density at radius 1 is 0.867 bits per heavy atom. The summed E-state index contributed by atoms with van der Waals surface area (Å²) in [5.41, 5.74) is 2.99. The molecule has 4 nitrogen and oxygen atoms in total. The number of ether oxygens (including phenoxy) is 1. The lowest BCUT2D eigenvalue weighted by molar-refractivity contribution is 0.0979. The average molecular weight is 405 g/mol. The zero-order valence-electron chi connectivity index (χ0n) is 17.9. The Bertz CT molecular complexity index is 916. The number of hydrogen-bond donors (Lipinski definition) is 1. The van der Waals surface area contributed by atoms with Crippen LogP contribution in [0.1, 0.15) is 61.7 Å². The molecular weight excluding hydrogens is 372 g/mol. The standard InChI is InChI=1S/C26H32N2O2/c1-30-22-16-14-21(15-17-22)26(29)13-7-5-3-2-4-6-10-19-27-25-18-20-28-24-12-9-8-11-23(24)25/h8-9,11-12,14-18,20H,2-7,10,13,19H2,1H3,(H,27,28). The summed E-state index contributed by atoms with van der Waals surface area (Å²) in [6.45, 7) is 0.990. The molecule has 0 aliphatic heterocycles. The molecule has 4 heteroatoms. The van der Waals surface area contributed by atoms with E-state index in [-0.39, 0.29) is 5.78 Å². The Morgan fingerprint density at radius 3 is 2.33 bits per heavy atom. The first-order valence-corrected chi connectivity index (χ1v) is 11.0. The van der Waals surface area contributed by atoms with Crippen molar-refractivity contribution in [1.82, 2.24) is 4.98 Å². The van der Waals surface area contributed by atoms with Crippen LogP contribution in [0.3, 0.4) is 0 Å². The Balaban J connectivity index is 1.22. The van der Waals surface area contributed by atoms with Gasteiger partial charge in [-0.15, -0.1) is 0 Å². The molecule has 3 rings (SSSR count). The van der Waals surface area contributed by atoms with Gasteiger partial charge in [-0.1, -0.05) is 50.3 Å². The molecule has 0 saturated carbocycles. The summed E-state index contributed by atoms with van der Waals surface area (Å²) in [6, 6.07) is 17.7. The molecule has 0 radical (unpaired) electrons. The van der Waals surface area contributed by atoms with Gasteiger partial charge in [0.2, 0.25) is 0 Å². The van der Waals surface area contributed by atoms with Gasteiger partial charge in [-0.2, -0.15) is 0 Å². The van der Waals surface area contributed by atoms with Gasteiger partial charge in [-0.3, -0.25) is 9.78 Å². The third kappa shape index (κ3) is 6.58. The number of ketones is 1. The number of anilines is 1. The molecule has 30 heavy (non-hydrogen) atoms. The number of unbranched alkanes of at least 4 members (excludes halogenated alkanes) is 6. The smallest absolute Gasteiger partial charge is 0.162 e. The maximum atomic E-state index is 12.2. The van der Waals surface area contributed by atoms with Crippen LogP contribution in [0.25, 0.3) is 10.9 Å². The van der Waals surface area contributed by atoms with E-state index in [2.05, 4.69) is 28.5 Å². The molecule has 2 aromatic carbocycles. The van der Waals surface area contributed by atoms with Crippen molar-refractivity contribution in [2.45, 2.75) is 51.4 Å². The molecule has 0 spiro atoms. The van der Waals surface area contributed by atoms with Gasteiger partial charge in [-0.05, 0) is 49.2 Å². The van der Waals surface area contributed by atoms with Crippen LogP contribution in [0.5, 0.6) is 5.75 Å². The van der Waals surface area contributed by atoms with Crippen LogP contribution in [0.15, 0.2) is 60.8 Å². The monoisotopic (exact) mass is 404 g/mol. The van der Waals surface area contributed by atoms with Crippen LogP contribution in [-0.4, -0.2) is 24.4 Å². The van der Waals surface area contributed by atoms with Crippen LogP contribution in [0, 0.1) is 0 Å². The van der Waals surface area contributed by atoms with E-state index < -0.39 is 0 Å². The van der Waals surface area contributed by atoms with Crippen molar-refractivity contribution in [2.75, 3.05) is 19.0 Å². The second kappa shape index (κ2) is 12.0. The largest absolute Gasteiger partial charge is 0.497 e. The van der Waals surface area contributed by atoms with Gasteiger partial charge in [-0.25, -0.2) is 0 Å². The van der Waals surface area contributed by atoms with Crippen LogP contribution in [-0.2, 0) is 0 Å². The summed E-state index contributed by atoms with van der Waals surface area (Å²) in [4.78, 5) is 16.6. The van der Waals surface area contributed by atoms with E-state index in [1.54, 1.807) is 7.11 Å². The predicted molar refractivity (Wildman–Crippen MR) is 124 cm³/mol. The Morgan fingerprint density at radius 2 is 1.57 bits per heavy atom. The third-order valence-electron chi connectivity index (χ3n) is 5.46. The van der Waals surface area contributed by atoms with Crippen molar-refractivity contribution in [1.29, 1.82) is 0 Å². The lowest BCUT2D eigenvalue weighted by atomic mass is 10.0. The van der Waals surface area contributed by atoms with Gasteiger partial charge in [0.05, 0.1) is 12.6 Å². The molecule has 0 bridgehead atoms. The van der Waals surface area contributed by atoms with Gasteiger partial charge in [0.15, 0.2) is 5.78 Å². The molecule has 1 heterocycles. The fourth-order valence-electron chi connectivity index (χ4n) is 3.69. The maximum absolute atomic E-state index is 12.2. The van der Waals surface area contributed by atoms with E-state index in [4.69, 9.17) is 4.74 Å². The maximum Gasteiger partial charge on any atom is 0.162 e. The number of Topliss-reactive ketones (excluding diaryl/α,β-unsaturated/α-hetero) is 1. The highest BCUT2D eigenvalue weighted by Crippen LogP contribution is 2.21. The number of pyridine rings is 1. The topological polar surface area (TPSA) is 51.2 Å². The molecular formula is C26H32N2O2. The number of nitrogens with one attached hydrogen (secondary N) is 1. The van der Waals surface area contributed by atoms with Crippen molar-refractivity contribution in [3.05, 3.63) is 66.4 Å². The van der Waals surface area contributed by atoms with E-state index in [1.165, 1.54) is 43.2 Å². The average Bonchev–Trinajstić information content (AvgIpc) is 2.80. The molecule has 0 aliphatic rings. The number of benzene rings is 2. The molecule has 1 N–H and O–H groups in total. The van der Waals surface area contributed by atoms with Gasteiger partial charge in [0, 0.05) is 35.8 Å². The van der Waals surface area contributed by atoms with Crippen molar-refractivity contribution >= 4 is 22.4 Å². The van der Waals surface area contributed by atoms with E-state index in [0.717, 1.165) is 36.2 Å². The van der Waals surface area contributed by atoms with Gasteiger partial charge >= 0.3 is 0 Å². The van der Waals surface area contributed by atoms with Crippen LogP contribution < -0.4 is 10.1 Å². The number of nitrogens with zero attached hydrogens (tertiary/aromatic N) is 1. The number of carbonyl (C=O) groups is 1. The van der Waals surface area contributed by atoms with E-state index >= 15 is 0 Å². The number of aromatic nitrogens is 1. The van der Waals surface area contributed by atoms with E-state index in [9.17, 15) is 4.79 Å². The second-order valence-electron chi connectivity index (χ2n) is 7.68. The lowest BCUT2D eigenvalue weighted by Crippen LogP contribution is -2.02. The van der Waals surface area contributed by atoms with Crippen LogP contribution in [0.2, 0.25) is 0 Å². The minimum atomic E-state index is 0.229. The molecule has 158 valence electrons. The molecule has 0 atom stereocenters. The zero-order valence-corrected chi connectivity index (χ0v) is 17.9. The molecule has 0 saturated heterocycles. The third-order valence-corrected chi connectivity index (χ3v) is 5.46. The molecule has 0 unspecified atom stereocenters. The van der Waals surface area contributed by atoms with Gasteiger partial charge in [0.1, 0.15) is 5.75 Å². The van der Waals surface area contributed by atoms with Gasteiger partial charge in [0.25, 0.3) is 0 Å². The van der Waals surface area contributed by atoms with Gasteiger partial charge < -0.3 is 10.1 Å². The first-order valence-electron chi connectivity index (χ1n) is 11.0. The summed E-state index contributed by atoms with van der Waals surface area (Å²) in [5.74, 6) is 1.02. The first kappa shape index (κ1) is 21.8. The Kier molecular flexibility index (Phi) is 8.70. The molecule has 0 fully saturated rings. The highest BCUT2D eigenvalue weighted by Gasteiger charge is 2.05. The van der Waals surface area contributed by atoms with Crippen molar-refractivity contribution in [2.24, 2.45) is 0 Å². The number of fused-ring (bicyclic) bond motifs is 1. The summed E-state index contributed by atoms with van der Waals surface area (Å²) in [6.07, 6.45) is 10.7. The van der Waals surface area contributed by atoms with Crippen LogP contribution in [0.4, 0.5) is 5.69 Å². The highest BCUT2D eigenvalue weighted by molar-refractivity contribution is 5.96.